The predicted molar refractivity (Wildman–Crippen MR) is 149 cm³/mol. The van der Waals surface area contributed by atoms with Crippen LogP contribution < -0.4 is 21.6 Å². The van der Waals surface area contributed by atoms with Crippen LogP contribution in [0.1, 0.15) is 53.2 Å². The Kier molecular flexibility index (Phi) is 13.4. The Hall–Kier alpha value is -3.04. The SMILES string of the molecule is COC(=O)O[C@@H]1C[C@H](n2ccc(N)nc2=O)O[C@@H]1COP(=O)(NC(CC(C)C)C(=O)OC)NC(CC(C)C)C(=O)OC. The number of nitrogens with zero attached hydrogens (tertiary/aromatic N) is 2. The van der Waals surface area contributed by atoms with Gasteiger partial charge in [0.1, 0.15) is 36.3 Å². The second-order valence-electron chi connectivity index (χ2n) is 10.5. The van der Waals surface area contributed by atoms with Crippen molar-refractivity contribution in [3.63, 3.8) is 0 Å². The molecule has 1 fully saturated rings. The van der Waals surface area contributed by atoms with Crippen molar-refractivity contribution in [2.24, 2.45) is 11.8 Å². The lowest BCUT2D eigenvalue weighted by Crippen LogP contribution is -2.45. The maximum Gasteiger partial charge on any atom is 0.508 e. The fourth-order valence-electron chi connectivity index (χ4n) is 4.29. The number of hydrogen-bond acceptors (Lipinski definition) is 13. The number of nitrogen functional groups attached to an aromatic ring is 1. The second kappa shape index (κ2) is 16.0. The quantitative estimate of drug-likeness (QED) is 0.145. The van der Waals surface area contributed by atoms with Crippen molar-refractivity contribution >= 4 is 31.6 Å². The molecule has 1 saturated heterocycles. The second-order valence-corrected chi connectivity index (χ2v) is 12.4. The van der Waals surface area contributed by atoms with Crippen molar-refractivity contribution < 1.29 is 47.2 Å². The van der Waals surface area contributed by atoms with E-state index in [4.69, 9.17) is 29.2 Å². The van der Waals surface area contributed by atoms with Gasteiger partial charge in [0.25, 0.3) is 0 Å². The number of esters is 2. The molecule has 1 aromatic rings. The summed E-state index contributed by atoms with van der Waals surface area (Å²) < 4.78 is 47.0. The Morgan fingerprint density at radius 3 is 2.05 bits per heavy atom. The first-order valence-corrected chi connectivity index (χ1v) is 15.0. The molecule has 2 rings (SSSR count). The van der Waals surface area contributed by atoms with Gasteiger partial charge >= 0.3 is 31.5 Å². The van der Waals surface area contributed by atoms with Gasteiger partial charge in [-0.2, -0.15) is 4.98 Å². The van der Waals surface area contributed by atoms with Gasteiger partial charge in [-0.15, -0.1) is 0 Å². The van der Waals surface area contributed by atoms with E-state index in [1.807, 2.05) is 27.7 Å². The molecular formula is C25H42N5O11P. The van der Waals surface area contributed by atoms with E-state index in [-0.39, 0.29) is 36.9 Å². The number of nitrogens with one attached hydrogen (secondary N) is 2. The van der Waals surface area contributed by atoms with Gasteiger partial charge in [0.2, 0.25) is 0 Å². The number of hydrogen-bond donors (Lipinski definition) is 3. The Balaban J connectivity index is 2.40. The zero-order valence-electron chi connectivity index (χ0n) is 24.9. The molecule has 2 heterocycles. The summed E-state index contributed by atoms with van der Waals surface area (Å²) in [5, 5.41) is 5.43. The third kappa shape index (κ3) is 10.3. The summed E-state index contributed by atoms with van der Waals surface area (Å²) in [4.78, 5) is 53.2. The van der Waals surface area contributed by atoms with Crippen LogP contribution in [0.4, 0.5) is 10.6 Å². The highest BCUT2D eigenvalue weighted by Gasteiger charge is 2.43. The van der Waals surface area contributed by atoms with E-state index in [0.29, 0.717) is 0 Å². The lowest BCUT2D eigenvalue weighted by Gasteiger charge is -2.30. The van der Waals surface area contributed by atoms with E-state index >= 15 is 0 Å². The van der Waals surface area contributed by atoms with E-state index in [1.165, 1.54) is 26.5 Å². The number of carbonyl (C=O) groups is 3. The molecule has 238 valence electrons. The van der Waals surface area contributed by atoms with Crippen molar-refractivity contribution in [3.05, 3.63) is 22.7 Å². The number of nitrogens with two attached hydrogens (primary N) is 1. The topological polar surface area (TPSA) is 209 Å². The van der Waals surface area contributed by atoms with Gasteiger partial charge in [-0.3, -0.25) is 18.7 Å². The minimum atomic E-state index is -4.26. The van der Waals surface area contributed by atoms with E-state index in [2.05, 4.69) is 19.9 Å². The van der Waals surface area contributed by atoms with E-state index in [1.54, 1.807) is 0 Å². The molecule has 17 heteroatoms. The van der Waals surface area contributed by atoms with Gasteiger partial charge in [-0.25, -0.2) is 19.8 Å². The molecule has 1 aromatic heterocycles. The monoisotopic (exact) mass is 619 g/mol. The van der Waals surface area contributed by atoms with Gasteiger partial charge < -0.3 is 33.9 Å². The summed E-state index contributed by atoms with van der Waals surface area (Å²) in [5.74, 6) is -1.38. The summed E-state index contributed by atoms with van der Waals surface area (Å²) in [7, 11) is -0.738. The van der Waals surface area contributed by atoms with Crippen LogP contribution in [0.25, 0.3) is 0 Å². The molecule has 0 amide bonds. The molecule has 0 spiro atoms. The van der Waals surface area contributed by atoms with Crippen LogP contribution >= 0.6 is 7.67 Å². The maximum absolute atomic E-state index is 14.3. The fraction of sp³-hybridized carbons (Fsp3) is 0.720. The van der Waals surface area contributed by atoms with E-state index in [9.17, 15) is 23.7 Å². The van der Waals surface area contributed by atoms with E-state index < -0.39 is 68.6 Å². The highest BCUT2D eigenvalue weighted by molar-refractivity contribution is 7.54. The Morgan fingerprint density at radius 2 is 1.60 bits per heavy atom. The molecule has 0 aliphatic carbocycles. The minimum Gasteiger partial charge on any atom is -0.468 e. The first-order valence-electron chi connectivity index (χ1n) is 13.4. The third-order valence-corrected chi connectivity index (χ3v) is 8.03. The van der Waals surface area contributed by atoms with Crippen LogP contribution in [0.3, 0.4) is 0 Å². The minimum absolute atomic E-state index is 0.00391. The Morgan fingerprint density at radius 1 is 1.05 bits per heavy atom. The zero-order valence-corrected chi connectivity index (χ0v) is 25.8. The van der Waals surface area contributed by atoms with Crippen molar-refractivity contribution in [2.75, 3.05) is 33.7 Å². The molecule has 0 bridgehead atoms. The van der Waals surface area contributed by atoms with E-state index in [0.717, 1.165) is 11.7 Å². The first kappa shape index (κ1) is 35.2. The summed E-state index contributed by atoms with van der Waals surface area (Å²) in [5.41, 5.74) is 4.88. The molecule has 5 atom stereocenters. The average Bonchev–Trinajstić information content (AvgIpc) is 3.31. The number of methoxy groups -OCH3 is 3. The van der Waals surface area contributed by atoms with Gasteiger partial charge in [0, 0.05) is 12.6 Å². The number of rotatable bonds is 15. The highest BCUT2D eigenvalue weighted by Crippen LogP contribution is 2.42. The van der Waals surface area contributed by atoms with Gasteiger partial charge in [-0.05, 0) is 30.7 Å². The van der Waals surface area contributed by atoms with Crippen LogP contribution in [0.2, 0.25) is 0 Å². The molecule has 1 aliphatic rings. The first-order chi connectivity index (χ1) is 19.7. The summed E-state index contributed by atoms with van der Waals surface area (Å²) in [6.07, 6.45) is -2.17. The van der Waals surface area contributed by atoms with Crippen LogP contribution in [-0.2, 0) is 42.4 Å². The van der Waals surface area contributed by atoms with Gasteiger partial charge in [-0.1, -0.05) is 27.7 Å². The summed E-state index contributed by atoms with van der Waals surface area (Å²) in [6, 6.07) is -0.732. The number of aromatic nitrogens is 2. The average molecular weight is 620 g/mol. The predicted octanol–water partition coefficient (Wildman–Crippen LogP) is 1.74. The molecule has 0 aromatic carbocycles. The van der Waals surface area contributed by atoms with Crippen molar-refractivity contribution in [2.45, 2.75) is 77.5 Å². The highest BCUT2D eigenvalue weighted by atomic mass is 31.2. The van der Waals surface area contributed by atoms with Crippen molar-refractivity contribution in [1.29, 1.82) is 0 Å². The van der Waals surface area contributed by atoms with Gasteiger partial charge in [0.15, 0.2) is 0 Å². The Labute approximate surface area is 244 Å². The largest absolute Gasteiger partial charge is 0.508 e. The van der Waals surface area contributed by atoms with Crippen LogP contribution in [0, 0.1) is 11.8 Å². The van der Waals surface area contributed by atoms with Crippen LogP contribution in [0.15, 0.2) is 17.1 Å². The van der Waals surface area contributed by atoms with Crippen molar-refractivity contribution in [1.82, 2.24) is 19.7 Å². The summed E-state index contributed by atoms with van der Waals surface area (Å²) >= 11 is 0. The van der Waals surface area contributed by atoms with Gasteiger partial charge in [0.05, 0.1) is 27.9 Å². The lowest BCUT2D eigenvalue weighted by molar-refractivity contribution is -0.143. The summed E-state index contributed by atoms with van der Waals surface area (Å²) in [6.45, 7) is 6.99. The third-order valence-electron chi connectivity index (χ3n) is 6.21. The molecule has 0 saturated carbocycles. The Bertz CT molecular complexity index is 1140. The molecule has 4 N–H and O–H groups in total. The number of carbonyl (C=O) groups excluding carboxylic acids is 3. The molecule has 42 heavy (non-hydrogen) atoms. The maximum atomic E-state index is 14.3. The van der Waals surface area contributed by atoms with Crippen molar-refractivity contribution in [3.8, 4) is 0 Å². The lowest BCUT2D eigenvalue weighted by atomic mass is 10.1. The smallest absolute Gasteiger partial charge is 0.468 e. The molecule has 1 aliphatic heterocycles. The zero-order chi connectivity index (χ0) is 31.6. The number of ether oxygens (including phenoxy) is 5. The van der Waals surface area contributed by atoms with Crippen LogP contribution in [0.5, 0.6) is 0 Å². The molecule has 0 radical (unpaired) electrons. The molecular weight excluding hydrogens is 577 g/mol. The van der Waals surface area contributed by atoms with Crippen LogP contribution in [-0.4, -0.2) is 79.9 Å². The molecule has 2 unspecified atom stereocenters. The fourth-order valence-corrected chi connectivity index (χ4v) is 6.12. The number of anilines is 1. The normalized spacial score (nSPS) is 21.4. The molecule has 16 nitrogen and oxygen atoms in total. The standard InChI is InChI=1S/C25H42N5O11P/c1-14(2)10-16(22(31)36-5)28-42(35,29-17(11-15(3)4)23(32)37-6)39-13-19-18(41-25(34)38-7)12-21(40-19)30-9-8-20(26)27-24(30)33/h8-9,14-19,21H,10-13H2,1-7H3,(H2,26,27,33)(H2,28,29,35)/t16?,17?,18-,19-,21-,42?/m1/s1.